The molecule has 1 aliphatic carbocycles. The third kappa shape index (κ3) is 3.08. The number of hydrogen-bond donors (Lipinski definition) is 1. The summed E-state index contributed by atoms with van der Waals surface area (Å²) >= 11 is 1.41. The van der Waals surface area contributed by atoms with Crippen molar-refractivity contribution < 1.29 is 9.59 Å². The topological polar surface area (TPSA) is 59.1 Å². The first-order valence-electron chi connectivity index (χ1n) is 8.89. The fraction of sp³-hybridized carbons (Fsp3) is 0.227. The third-order valence-electron chi connectivity index (χ3n) is 5.36. The number of rotatable bonds is 4. The normalized spacial score (nSPS) is 20.9. The minimum Gasteiger partial charge on any atom is -0.301 e. The van der Waals surface area contributed by atoms with Gasteiger partial charge in [0.25, 0.3) is 0 Å². The highest BCUT2D eigenvalue weighted by molar-refractivity contribution is 7.13. The molecule has 2 atom stereocenters. The van der Waals surface area contributed by atoms with Crippen LogP contribution in [0.15, 0.2) is 60.1 Å². The van der Waals surface area contributed by atoms with Crippen molar-refractivity contribution in [2.45, 2.75) is 26.2 Å². The SMILES string of the molecule is CC(=O)c1ccc2c(c1)[C@H](c1ccccc1)[C@](C)(C(=O)Nc1nccs1)C2. The lowest BCUT2D eigenvalue weighted by Gasteiger charge is -2.31. The number of Topliss-reactive ketones (excluding diaryl/α,β-unsaturated/α-hetero) is 1. The van der Waals surface area contributed by atoms with Gasteiger partial charge in [-0.2, -0.15) is 0 Å². The molecule has 2 aromatic carbocycles. The summed E-state index contributed by atoms with van der Waals surface area (Å²) in [5.74, 6) is -0.134. The minimum atomic E-state index is -0.662. The van der Waals surface area contributed by atoms with Gasteiger partial charge in [-0.25, -0.2) is 4.98 Å². The summed E-state index contributed by atoms with van der Waals surface area (Å²) in [6.07, 6.45) is 2.30. The van der Waals surface area contributed by atoms with Crippen molar-refractivity contribution in [1.82, 2.24) is 4.98 Å². The third-order valence-corrected chi connectivity index (χ3v) is 6.05. The number of benzene rings is 2. The van der Waals surface area contributed by atoms with Crippen LogP contribution in [0, 0.1) is 5.41 Å². The molecule has 1 heterocycles. The second-order valence-electron chi connectivity index (χ2n) is 7.20. The molecule has 0 bridgehead atoms. The van der Waals surface area contributed by atoms with Crippen LogP contribution in [0.4, 0.5) is 5.13 Å². The molecule has 4 rings (SSSR count). The molecule has 4 nitrogen and oxygen atoms in total. The first kappa shape index (κ1) is 17.6. The molecule has 3 aromatic rings. The van der Waals surface area contributed by atoms with E-state index >= 15 is 0 Å². The van der Waals surface area contributed by atoms with Gasteiger partial charge in [-0.05, 0) is 43.0 Å². The Bertz CT molecular complexity index is 998. The molecule has 0 saturated carbocycles. The highest BCUT2D eigenvalue weighted by Gasteiger charge is 2.49. The zero-order valence-electron chi connectivity index (χ0n) is 15.2. The number of anilines is 1. The van der Waals surface area contributed by atoms with Crippen molar-refractivity contribution in [2.24, 2.45) is 5.41 Å². The summed E-state index contributed by atoms with van der Waals surface area (Å²) < 4.78 is 0. The van der Waals surface area contributed by atoms with Gasteiger partial charge in [0.15, 0.2) is 10.9 Å². The predicted molar refractivity (Wildman–Crippen MR) is 107 cm³/mol. The van der Waals surface area contributed by atoms with Gasteiger partial charge in [-0.15, -0.1) is 11.3 Å². The monoisotopic (exact) mass is 376 g/mol. The van der Waals surface area contributed by atoms with E-state index in [0.717, 1.165) is 16.7 Å². The van der Waals surface area contributed by atoms with Gasteiger partial charge in [-0.1, -0.05) is 42.5 Å². The molecule has 27 heavy (non-hydrogen) atoms. The van der Waals surface area contributed by atoms with Crippen LogP contribution in [-0.4, -0.2) is 16.7 Å². The van der Waals surface area contributed by atoms with Gasteiger partial charge in [-0.3, -0.25) is 9.59 Å². The number of amides is 1. The van der Waals surface area contributed by atoms with E-state index in [0.29, 0.717) is 17.1 Å². The van der Waals surface area contributed by atoms with Crippen LogP contribution in [0.5, 0.6) is 0 Å². The van der Waals surface area contributed by atoms with Gasteiger partial charge in [0.2, 0.25) is 5.91 Å². The second-order valence-corrected chi connectivity index (χ2v) is 8.09. The van der Waals surface area contributed by atoms with Crippen molar-refractivity contribution in [3.63, 3.8) is 0 Å². The van der Waals surface area contributed by atoms with Crippen LogP contribution in [0.2, 0.25) is 0 Å². The quantitative estimate of drug-likeness (QED) is 0.673. The van der Waals surface area contributed by atoms with Crippen LogP contribution >= 0.6 is 11.3 Å². The Kier molecular flexibility index (Phi) is 4.40. The molecule has 0 radical (unpaired) electrons. The van der Waals surface area contributed by atoms with Crippen molar-refractivity contribution in [3.05, 3.63) is 82.4 Å². The van der Waals surface area contributed by atoms with Gasteiger partial charge in [0.05, 0.1) is 5.41 Å². The maximum Gasteiger partial charge on any atom is 0.233 e. The fourth-order valence-corrected chi connectivity index (χ4v) is 4.54. The number of thiazole rings is 1. The average molecular weight is 376 g/mol. The summed E-state index contributed by atoms with van der Waals surface area (Å²) in [5, 5.41) is 5.43. The van der Waals surface area contributed by atoms with Crippen molar-refractivity contribution in [3.8, 4) is 0 Å². The summed E-state index contributed by atoms with van der Waals surface area (Å²) in [7, 11) is 0. The van der Waals surface area contributed by atoms with Gasteiger partial charge in [0.1, 0.15) is 0 Å². The van der Waals surface area contributed by atoms with E-state index in [-0.39, 0.29) is 17.6 Å². The number of nitrogens with zero attached hydrogens (tertiary/aromatic N) is 1. The molecule has 1 N–H and O–H groups in total. The fourth-order valence-electron chi connectivity index (χ4n) is 4.01. The first-order valence-corrected chi connectivity index (χ1v) is 9.76. The highest BCUT2D eigenvalue weighted by Crippen LogP contribution is 2.51. The van der Waals surface area contributed by atoms with Crippen LogP contribution in [0.3, 0.4) is 0 Å². The molecular formula is C22H20N2O2S. The number of aromatic nitrogens is 1. The van der Waals surface area contributed by atoms with Gasteiger partial charge >= 0.3 is 0 Å². The van der Waals surface area contributed by atoms with Crippen LogP contribution in [-0.2, 0) is 11.2 Å². The zero-order chi connectivity index (χ0) is 19.0. The van der Waals surface area contributed by atoms with E-state index in [1.54, 1.807) is 13.1 Å². The molecule has 1 aliphatic rings. The van der Waals surface area contributed by atoms with Crippen molar-refractivity contribution in [1.29, 1.82) is 0 Å². The largest absolute Gasteiger partial charge is 0.301 e. The van der Waals surface area contributed by atoms with E-state index in [1.807, 2.05) is 48.7 Å². The van der Waals surface area contributed by atoms with Crippen LogP contribution in [0.1, 0.15) is 46.8 Å². The summed E-state index contributed by atoms with van der Waals surface area (Å²) in [6, 6.07) is 15.8. The summed E-state index contributed by atoms with van der Waals surface area (Å²) in [4.78, 5) is 29.4. The number of carbonyl (C=O) groups is 2. The predicted octanol–water partition coefficient (Wildman–Crippen LogP) is 4.68. The molecule has 1 amide bonds. The molecule has 5 heteroatoms. The van der Waals surface area contributed by atoms with Crippen molar-refractivity contribution in [2.75, 3.05) is 5.32 Å². The second kappa shape index (κ2) is 6.74. The lowest BCUT2D eigenvalue weighted by Crippen LogP contribution is -2.37. The zero-order valence-corrected chi connectivity index (χ0v) is 16.0. The molecule has 0 fully saturated rings. The lowest BCUT2D eigenvalue weighted by molar-refractivity contribution is -0.125. The van der Waals surface area contributed by atoms with Crippen LogP contribution in [0.25, 0.3) is 0 Å². The van der Waals surface area contributed by atoms with E-state index in [9.17, 15) is 9.59 Å². The Morgan fingerprint density at radius 1 is 1.19 bits per heavy atom. The Balaban J connectivity index is 1.81. The van der Waals surface area contributed by atoms with Crippen LogP contribution < -0.4 is 5.32 Å². The Morgan fingerprint density at radius 2 is 1.96 bits per heavy atom. The van der Waals surface area contributed by atoms with Gasteiger partial charge < -0.3 is 5.32 Å². The molecule has 1 aromatic heterocycles. The molecule has 0 spiro atoms. The van der Waals surface area contributed by atoms with E-state index in [2.05, 4.69) is 22.4 Å². The molecule has 136 valence electrons. The van der Waals surface area contributed by atoms with E-state index in [1.165, 1.54) is 11.3 Å². The molecule has 0 saturated heterocycles. The number of carbonyl (C=O) groups excluding carboxylic acids is 2. The maximum absolute atomic E-state index is 13.3. The van der Waals surface area contributed by atoms with Crippen molar-refractivity contribution >= 4 is 28.2 Å². The Morgan fingerprint density at radius 3 is 2.63 bits per heavy atom. The first-order chi connectivity index (χ1) is 13.0. The molecular weight excluding hydrogens is 356 g/mol. The summed E-state index contributed by atoms with van der Waals surface area (Å²) in [6.45, 7) is 3.57. The maximum atomic E-state index is 13.3. The Hall–Kier alpha value is -2.79. The Labute approximate surface area is 162 Å². The number of hydrogen-bond acceptors (Lipinski definition) is 4. The van der Waals surface area contributed by atoms with E-state index < -0.39 is 5.41 Å². The van der Waals surface area contributed by atoms with Gasteiger partial charge in [0, 0.05) is 23.1 Å². The average Bonchev–Trinajstić information content (AvgIpc) is 3.27. The summed E-state index contributed by atoms with van der Waals surface area (Å²) in [5.41, 5.74) is 3.27. The standard InChI is InChI=1S/C22H20N2O2S/c1-14(25)16-8-9-17-13-22(2,20(26)24-21-23-10-11-27-21)19(18(17)12-16)15-6-4-3-5-7-15/h3-12,19H,13H2,1-2H3,(H,23,24,26)/t19-,22+/m0/s1. The number of ketones is 1. The highest BCUT2D eigenvalue weighted by atomic mass is 32.1. The number of fused-ring (bicyclic) bond motifs is 1. The van der Waals surface area contributed by atoms with E-state index in [4.69, 9.17) is 0 Å². The smallest absolute Gasteiger partial charge is 0.233 e. The molecule has 0 unspecified atom stereocenters. The number of nitrogens with one attached hydrogen (secondary N) is 1. The minimum absolute atomic E-state index is 0.0328. The molecule has 0 aliphatic heterocycles. The lowest BCUT2D eigenvalue weighted by atomic mass is 9.73.